The molecule has 1 aromatic rings. The number of aromatic nitrogens is 1. The standard InChI is InChI=1S/C14H19NO4/c1-18-12-8-4-3-7-11(12)15-9-5-6-10(13(15)16)14(17)19-2/h5-6,9,11-12H,3-4,7-8H2,1-2H3/t11?,12-/m0/s1. The van der Waals surface area contributed by atoms with Gasteiger partial charge in [0.1, 0.15) is 5.56 Å². The van der Waals surface area contributed by atoms with Crippen LogP contribution < -0.4 is 5.56 Å². The van der Waals surface area contributed by atoms with Gasteiger partial charge in [-0.2, -0.15) is 0 Å². The molecule has 0 spiro atoms. The first-order valence-electron chi connectivity index (χ1n) is 6.51. The Hall–Kier alpha value is -1.62. The van der Waals surface area contributed by atoms with Gasteiger partial charge in [-0.3, -0.25) is 4.79 Å². The first kappa shape index (κ1) is 13.8. The fraction of sp³-hybridized carbons (Fsp3) is 0.571. The second-order valence-corrected chi connectivity index (χ2v) is 4.75. The van der Waals surface area contributed by atoms with Gasteiger partial charge >= 0.3 is 5.97 Å². The minimum absolute atomic E-state index is 0.00384. The van der Waals surface area contributed by atoms with Crippen LogP contribution in [0, 0.1) is 0 Å². The van der Waals surface area contributed by atoms with E-state index in [-0.39, 0.29) is 23.3 Å². The average Bonchev–Trinajstić information content (AvgIpc) is 2.46. The van der Waals surface area contributed by atoms with Crippen molar-refractivity contribution in [3.8, 4) is 0 Å². The van der Waals surface area contributed by atoms with E-state index in [4.69, 9.17) is 4.74 Å². The Morgan fingerprint density at radius 1 is 1.32 bits per heavy atom. The first-order valence-corrected chi connectivity index (χ1v) is 6.51. The highest BCUT2D eigenvalue weighted by atomic mass is 16.5. The number of hydrogen-bond acceptors (Lipinski definition) is 4. The Balaban J connectivity index is 2.39. The Kier molecular flexibility index (Phi) is 4.37. The van der Waals surface area contributed by atoms with Crippen LogP contribution in [0.25, 0.3) is 0 Å². The van der Waals surface area contributed by atoms with Gasteiger partial charge in [0.2, 0.25) is 0 Å². The quantitative estimate of drug-likeness (QED) is 0.781. The number of nitrogens with zero attached hydrogens (tertiary/aromatic N) is 1. The van der Waals surface area contributed by atoms with Gasteiger partial charge in [0.15, 0.2) is 0 Å². The minimum Gasteiger partial charge on any atom is -0.465 e. The lowest BCUT2D eigenvalue weighted by Gasteiger charge is -2.31. The lowest BCUT2D eigenvalue weighted by molar-refractivity contribution is 0.0274. The van der Waals surface area contributed by atoms with Gasteiger partial charge in [-0.25, -0.2) is 4.79 Å². The summed E-state index contributed by atoms with van der Waals surface area (Å²) in [6, 6.07) is 3.19. The van der Waals surface area contributed by atoms with E-state index in [0.717, 1.165) is 25.7 Å². The first-order chi connectivity index (χ1) is 9.19. The van der Waals surface area contributed by atoms with E-state index in [2.05, 4.69) is 4.74 Å². The molecular formula is C14H19NO4. The maximum Gasteiger partial charge on any atom is 0.343 e. The smallest absolute Gasteiger partial charge is 0.343 e. The average molecular weight is 265 g/mol. The summed E-state index contributed by atoms with van der Waals surface area (Å²) in [4.78, 5) is 23.9. The van der Waals surface area contributed by atoms with E-state index in [9.17, 15) is 9.59 Å². The third-order valence-electron chi connectivity index (χ3n) is 3.71. The van der Waals surface area contributed by atoms with E-state index >= 15 is 0 Å². The normalized spacial score (nSPS) is 23.1. The number of carbonyl (C=O) groups is 1. The summed E-state index contributed by atoms with van der Waals surface area (Å²) in [5.41, 5.74) is -0.228. The molecule has 2 atom stereocenters. The molecule has 0 N–H and O–H groups in total. The number of carbonyl (C=O) groups excluding carboxylic acids is 1. The molecule has 5 heteroatoms. The Morgan fingerprint density at radius 3 is 2.74 bits per heavy atom. The van der Waals surface area contributed by atoms with Crippen LogP contribution in [0.2, 0.25) is 0 Å². The summed E-state index contributed by atoms with van der Waals surface area (Å²) in [5, 5.41) is 0. The van der Waals surface area contributed by atoms with Crippen LogP contribution in [0.15, 0.2) is 23.1 Å². The van der Waals surface area contributed by atoms with Crippen molar-refractivity contribution in [3.63, 3.8) is 0 Å². The van der Waals surface area contributed by atoms with Gasteiger partial charge in [-0.05, 0) is 25.0 Å². The summed E-state index contributed by atoms with van der Waals surface area (Å²) in [6.45, 7) is 0. The fourth-order valence-corrected chi connectivity index (χ4v) is 2.71. The van der Waals surface area contributed by atoms with Crippen LogP contribution in [0.4, 0.5) is 0 Å². The van der Waals surface area contributed by atoms with Crippen molar-refractivity contribution >= 4 is 5.97 Å². The van der Waals surface area contributed by atoms with Crippen molar-refractivity contribution in [2.45, 2.75) is 37.8 Å². The predicted molar refractivity (Wildman–Crippen MR) is 70.3 cm³/mol. The topological polar surface area (TPSA) is 57.5 Å². The third-order valence-corrected chi connectivity index (χ3v) is 3.71. The van der Waals surface area contributed by atoms with Crippen molar-refractivity contribution in [2.24, 2.45) is 0 Å². The predicted octanol–water partition coefficient (Wildman–Crippen LogP) is 1.76. The van der Waals surface area contributed by atoms with E-state index in [1.165, 1.54) is 13.2 Å². The lowest BCUT2D eigenvalue weighted by Crippen LogP contribution is -2.37. The summed E-state index contributed by atoms with van der Waals surface area (Å²) in [6.07, 6.45) is 5.76. The second-order valence-electron chi connectivity index (χ2n) is 4.75. The highest BCUT2D eigenvalue weighted by Gasteiger charge is 2.28. The van der Waals surface area contributed by atoms with Crippen LogP contribution in [0.3, 0.4) is 0 Å². The van der Waals surface area contributed by atoms with Gasteiger partial charge in [-0.15, -0.1) is 0 Å². The molecule has 1 aliphatic rings. The Labute approximate surface area is 112 Å². The van der Waals surface area contributed by atoms with E-state index in [1.807, 2.05) is 0 Å². The molecule has 0 aliphatic heterocycles. The minimum atomic E-state index is -0.593. The third kappa shape index (κ3) is 2.71. The van der Waals surface area contributed by atoms with Gasteiger partial charge in [0.05, 0.1) is 19.3 Å². The maximum absolute atomic E-state index is 12.3. The molecule has 19 heavy (non-hydrogen) atoms. The highest BCUT2D eigenvalue weighted by molar-refractivity contribution is 5.88. The molecular weight excluding hydrogens is 246 g/mol. The molecule has 0 aromatic carbocycles. The second kappa shape index (κ2) is 6.02. The van der Waals surface area contributed by atoms with Crippen molar-refractivity contribution < 1.29 is 14.3 Å². The maximum atomic E-state index is 12.3. The Morgan fingerprint density at radius 2 is 2.05 bits per heavy atom. The van der Waals surface area contributed by atoms with Crippen molar-refractivity contribution in [1.82, 2.24) is 4.57 Å². The largest absolute Gasteiger partial charge is 0.465 e. The fourth-order valence-electron chi connectivity index (χ4n) is 2.71. The monoisotopic (exact) mass is 265 g/mol. The van der Waals surface area contributed by atoms with E-state index < -0.39 is 5.97 Å². The van der Waals surface area contributed by atoms with Crippen molar-refractivity contribution in [2.75, 3.05) is 14.2 Å². The molecule has 104 valence electrons. The number of ether oxygens (including phenoxy) is 2. The van der Waals surface area contributed by atoms with Crippen LogP contribution in [-0.4, -0.2) is 30.9 Å². The SMILES string of the molecule is COC(=O)c1cccn(C2CCCC[C@@H]2OC)c1=O. The van der Waals surface area contributed by atoms with Gasteiger partial charge in [0, 0.05) is 13.3 Å². The molecule has 1 unspecified atom stereocenters. The summed E-state index contributed by atoms with van der Waals surface area (Å²) in [5.74, 6) is -0.593. The summed E-state index contributed by atoms with van der Waals surface area (Å²) >= 11 is 0. The van der Waals surface area contributed by atoms with Crippen LogP contribution in [-0.2, 0) is 9.47 Å². The number of rotatable bonds is 3. The molecule has 2 rings (SSSR count). The molecule has 1 aliphatic carbocycles. The van der Waals surface area contributed by atoms with Crippen LogP contribution in [0.1, 0.15) is 42.1 Å². The van der Waals surface area contributed by atoms with Crippen LogP contribution >= 0.6 is 0 Å². The van der Waals surface area contributed by atoms with Gasteiger partial charge < -0.3 is 14.0 Å². The van der Waals surface area contributed by atoms with Gasteiger partial charge in [0.25, 0.3) is 5.56 Å². The molecule has 0 amide bonds. The highest BCUT2D eigenvalue weighted by Crippen LogP contribution is 2.29. The summed E-state index contributed by atoms with van der Waals surface area (Å²) < 4.78 is 11.7. The zero-order valence-electron chi connectivity index (χ0n) is 11.3. The molecule has 1 saturated carbocycles. The molecule has 0 radical (unpaired) electrons. The van der Waals surface area contributed by atoms with Crippen molar-refractivity contribution in [3.05, 3.63) is 34.2 Å². The van der Waals surface area contributed by atoms with Crippen molar-refractivity contribution in [1.29, 1.82) is 0 Å². The van der Waals surface area contributed by atoms with E-state index in [1.54, 1.807) is 23.9 Å². The zero-order valence-corrected chi connectivity index (χ0v) is 11.3. The number of pyridine rings is 1. The van der Waals surface area contributed by atoms with Gasteiger partial charge in [-0.1, -0.05) is 12.8 Å². The molecule has 1 heterocycles. The molecule has 1 fully saturated rings. The zero-order chi connectivity index (χ0) is 13.8. The molecule has 5 nitrogen and oxygen atoms in total. The Bertz CT molecular complexity index is 508. The van der Waals surface area contributed by atoms with Crippen LogP contribution in [0.5, 0.6) is 0 Å². The molecule has 0 saturated heterocycles. The number of esters is 1. The number of hydrogen-bond donors (Lipinski definition) is 0. The number of methoxy groups -OCH3 is 2. The molecule has 0 bridgehead atoms. The lowest BCUT2D eigenvalue weighted by atomic mass is 9.92. The summed E-state index contributed by atoms with van der Waals surface area (Å²) in [7, 11) is 2.94. The molecule has 1 aromatic heterocycles. The van der Waals surface area contributed by atoms with E-state index in [0.29, 0.717) is 0 Å².